The van der Waals surface area contributed by atoms with Crippen LogP contribution in [0.4, 0.5) is 10.8 Å². The Morgan fingerprint density at radius 2 is 2.06 bits per heavy atom. The Labute approximate surface area is 191 Å². The number of hydrogen-bond donors (Lipinski definition) is 1. The highest BCUT2D eigenvalue weighted by molar-refractivity contribution is 7.14. The van der Waals surface area contributed by atoms with Crippen molar-refractivity contribution in [2.24, 2.45) is 0 Å². The van der Waals surface area contributed by atoms with Gasteiger partial charge in [0.25, 0.3) is 5.91 Å². The Morgan fingerprint density at radius 1 is 1.19 bits per heavy atom. The molecule has 4 heterocycles. The van der Waals surface area contributed by atoms with Crippen LogP contribution in [0.25, 0.3) is 0 Å². The summed E-state index contributed by atoms with van der Waals surface area (Å²) in [5, 5.41) is 5.71. The van der Waals surface area contributed by atoms with E-state index in [0.717, 1.165) is 36.2 Å². The van der Waals surface area contributed by atoms with E-state index in [1.54, 1.807) is 6.20 Å². The Balaban J connectivity index is 1.30. The van der Waals surface area contributed by atoms with Gasteiger partial charge in [-0.1, -0.05) is 18.2 Å². The van der Waals surface area contributed by atoms with Crippen LogP contribution in [0.1, 0.15) is 46.2 Å². The zero-order valence-electron chi connectivity index (χ0n) is 17.9. The van der Waals surface area contributed by atoms with Gasteiger partial charge < -0.3 is 9.47 Å². The first-order valence-electron chi connectivity index (χ1n) is 10.8. The second kappa shape index (κ2) is 8.96. The Morgan fingerprint density at radius 3 is 2.91 bits per heavy atom. The van der Waals surface area contributed by atoms with Gasteiger partial charge in [-0.25, -0.2) is 4.98 Å². The van der Waals surface area contributed by atoms with Gasteiger partial charge in [0.2, 0.25) is 0 Å². The molecule has 6 nitrogen and oxygen atoms in total. The molecule has 3 aromatic heterocycles. The van der Waals surface area contributed by atoms with Gasteiger partial charge in [0, 0.05) is 42.7 Å². The number of nitrogens with one attached hydrogen (secondary N) is 1. The number of amides is 1. The summed E-state index contributed by atoms with van der Waals surface area (Å²) < 4.78 is 1.96. The number of nitrogens with zero attached hydrogens (tertiary/aromatic N) is 4. The number of carbonyl (C=O) groups excluding carboxylic acids is 1. The fourth-order valence-corrected chi connectivity index (χ4v) is 5.03. The van der Waals surface area contributed by atoms with Gasteiger partial charge in [0.1, 0.15) is 5.69 Å². The highest BCUT2D eigenvalue weighted by Gasteiger charge is 2.28. The minimum absolute atomic E-state index is 0.144. The third kappa shape index (κ3) is 4.16. The van der Waals surface area contributed by atoms with Gasteiger partial charge in [-0.2, -0.15) is 0 Å². The average molecular weight is 444 g/mol. The molecule has 1 aliphatic heterocycles. The topological polar surface area (TPSA) is 63.1 Å². The number of aromatic nitrogens is 3. The fourth-order valence-electron chi connectivity index (χ4n) is 4.28. The SMILES string of the molecule is Cc1cnccc1Cn1cccc1C(=O)Nc1nc(C2CCCN2c2ccccc2)cs1. The second-order valence-electron chi connectivity index (χ2n) is 8.04. The Hall–Kier alpha value is -3.45. The van der Waals surface area contributed by atoms with Crippen LogP contribution in [0, 0.1) is 6.92 Å². The second-order valence-corrected chi connectivity index (χ2v) is 8.90. The molecular formula is C25H25N5OS. The number of aryl methyl sites for hydroxylation is 1. The Bertz CT molecular complexity index is 1220. The molecule has 4 aromatic rings. The smallest absolute Gasteiger partial charge is 0.274 e. The van der Waals surface area contributed by atoms with Crippen molar-refractivity contribution in [2.45, 2.75) is 32.4 Å². The van der Waals surface area contributed by atoms with Crippen LogP contribution in [-0.2, 0) is 6.54 Å². The van der Waals surface area contributed by atoms with Crippen LogP contribution in [0.5, 0.6) is 0 Å². The molecule has 0 spiro atoms. The first-order chi connectivity index (χ1) is 15.7. The lowest BCUT2D eigenvalue weighted by Crippen LogP contribution is -2.22. The summed E-state index contributed by atoms with van der Waals surface area (Å²) in [6.07, 6.45) is 7.76. The zero-order valence-corrected chi connectivity index (χ0v) is 18.8. The molecule has 0 radical (unpaired) electrons. The van der Waals surface area contributed by atoms with E-state index in [2.05, 4.69) is 44.8 Å². The van der Waals surface area contributed by atoms with Crippen molar-refractivity contribution in [1.82, 2.24) is 14.5 Å². The number of para-hydroxylation sites is 1. The van der Waals surface area contributed by atoms with Crippen LogP contribution in [0.2, 0.25) is 0 Å². The summed E-state index contributed by atoms with van der Waals surface area (Å²) in [7, 11) is 0. The highest BCUT2D eigenvalue weighted by Crippen LogP contribution is 2.37. The van der Waals surface area contributed by atoms with Crippen LogP contribution in [0.3, 0.4) is 0 Å². The van der Waals surface area contributed by atoms with E-state index in [-0.39, 0.29) is 11.9 Å². The van der Waals surface area contributed by atoms with E-state index in [4.69, 9.17) is 4.98 Å². The monoisotopic (exact) mass is 443 g/mol. The van der Waals surface area contributed by atoms with Crippen LogP contribution in [-0.4, -0.2) is 27.0 Å². The maximum absolute atomic E-state index is 13.0. The van der Waals surface area contributed by atoms with Crippen molar-refractivity contribution in [2.75, 3.05) is 16.8 Å². The number of hydrogen-bond acceptors (Lipinski definition) is 5. The molecule has 7 heteroatoms. The molecule has 32 heavy (non-hydrogen) atoms. The van der Waals surface area contributed by atoms with E-state index in [1.165, 1.54) is 17.0 Å². The number of benzene rings is 1. The average Bonchev–Trinajstić information content (AvgIpc) is 3.56. The van der Waals surface area contributed by atoms with Crippen molar-refractivity contribution in [3.63, 3.8) is 0 Å². The lowest BCUT2D eigenvalue weighted by Gasteiger charge is -2.25. The molecule has 1 amide bonds. The van der Waals surface area contributed by atoms with Crippen LogP contribution < -0.4 is 10.2 Å². The predicted molar refractivity (Wildman–Crippen MR) is 128 cm³/mol. The van der Waals surface area contributed by atoms with Gasteiger partial charge in [0.15, 0.2) is 5.13 Å². The van der Waals surface area contributed by atoms with Crippen molar-refractivity contribution in [3.8, 4) is 0 Å². The van der Waals surface area contributed by atoms with Gasteiger partial charge >= 0.3 is 0 Å². The maximum Gasteiger partial charge on any atom is 0.274 e. The molecule has 0 saturated carbocycles. The number of thiazole rings is 1. The molecule has 0 aliphatic carbocycles. The first-order valence-corrected chi connectivity index (χ1v) is 11.7. The molecule has 1 atom stereocenters. The van der Waals surface area contributed by atoms with Crippen molar-refractivity contribution in [1.29, 1.82) is 0 Å². The summed E-state index contributed by atoms with van der Waals surface area (Å²) >= 11 is 1.48. The lowest BCUT2D eigenvalue weighted by molar-refractivity contribution is 0.101. The highest BCUT2D eigenvalue weighted by atomic mass is 32.1. The van der Waals surface area contributed by atoms with Crippen molar-refractivity contribution < 1.29 is 4.79 Å². The zero-order chi connectivity index (χ0) is 21.9. The first kappa shape index (κ1) is 20.5. The van der Waals surface area contributed by atoms with Gasteiger partial charge in [-0.15, -0.1) is 11.3 Å². The van der Waals surface area contributed by atoms with Gasteiger partial charge in [-0.3, -0.25) is 15.1 Å². The molecule has 1 aromatic carbocycles. The van der Waals surface area contributed by atoms with E-state index < -0.39 is 0 Å². The number of anilines is 2. The summed E-state index contributed by atoms with van der Waals surface area (Å²) in [6.45, 7) is 3.68. The number of carbonyl (C=O) groups is 1. The van der Waals surface area contributed by atoms with Gasteiger partial charge in [-0.05, 0) is 61.2 Å². The molecular weight excluding hydrogens is 418 g/mol. The van der Waals surface area contributed by atoms with E-state index >= 15 is 0 Å². The summed E-state index contributed by atoms with van der Waals surface area (Å²) in [5.74, 6) is -0.144. The van der Waals surface area contributed by atoms with Crippen molar-refractivity contribution >= 4 is 28.1 Å². The molecule has 1 unspecified atom stereocenters. The normalized spacial score (nSPS) is 15.8. The third-order valence-electron chi connectivity index (χ3n) is 5.96. The largest absolute Gasteiger partial charge is 0.363 e. The van der Waals surface area contributed by atoms with E-state index in [9.17, 15) is 4.79 Å². The minimum Gasteiger partial charge on any atom is -0.363 e. The maximum atomic E-state index is 13.0. The lowest BCUT2D eigenvalue weighted by atomic mass is 10.1. The molecule has 1 aliphatic rings. The van der Waals surface area contributed by atoms with Crippen molar-refractivity contribution in [3.05, 3.63) is 95.0 Å². The third-order valence-corrected chi connectivity index (χ3v) is 6.74. The van der Waals surface area contributed by atoms with Crippen LogP contribution >= 0.6 is 11.3 Å². The number of pyridine rings is 1. The fraction of sp³-hybridized carbons (Fsp3) is 0.240. The Kier molecular flexibility index (Phi) is 5.73. The van der Waals surface area contributed by atoms with E-state index in [0.29, 0.717) is 17.4 Å². The molecule has 1 N–H and O–H groups in total. The van der Waals surface area contributed by atoms with Gasteiger partial charge in [0.05, 0.1) is 11.7 Å². The molecule has 1 fully saturated rings. The van der Waals surface area contributed by atoms with Crippen LogP contribution in [0.15, 0.2) is 72.5 Å². The summed E-state index contributed by atoms with van der Waals surface area (Å²) in [5.41, 5.74) is 5.11. The quantitative estimate of drug-likeness (QED) is 0.440. The molecule has 1 saturated heterocycles. The standard InChI is InChI=1S/C25H25N5OS/c1-18-15-26-12-11-19(18)16-29-13-5-10-23(29)24(31)28-25-27-21(17-32-25)22-9-6-14-30(22)20-7-3-2-4-8-20/h2-5,7-8,10-13,15,17,22H,6,9,14,16H2,1H3,(H,27,28,31). The van der Waals surface area contributed by atoms with E-state index in [1.807, 2.05) is 48.1 Å². The summed E-state index contributed by atoms with van der Waals surface area (Å²) in [4.78, 5) is 24.3. The predicted octanol–water partition coefficient (Wildman–Crippen LogP) is 5.29. The molecule has 5 rings (SSSR count). The number of rotatable bonds is 6. The molecule has 162 valence electrons. The molecule has 0 bridgehead atoms. The summed E-state index contributed by atoms with van der Waals surface area (Å²) in [6, 6.07) is 16.4. The minimum atomic E-state index is -0.144.